The van der Waals surface area contributed by atoms with Gasteiger partial charge in [-0.1, -0.05) is 0 Å². The van der Waals surface area contributed by atoms with Gasteiger partial charge in [-0.2, -0.15) is 0 Å². The Morgan fingerprint density at radius 3 is 2.76 bits per heavy atom. The molecule has 0 N–H and O–H groups in total. The number of benzene rings is 1. The zero-order valence-corrected chi connectivity index (χ0v) is 12.2. The van der Waals surface area contributed by atoms with Crippen LogP contribution in [0.1, 0.15) is 30.2 Å². The van der Waals surface area contributed by atoms with E-state index < -0.39 is 0 Å². The quantitative estimate of drug-likeness (QED) is 0.697. The highest BCUT2D eigenvalue weighted by molar-refractivity contribution is 5.97. The molecule has 1 aliphatic rings. The number of furan rings is 1. The molecule has 1 aliphatic carbocycles. The summed E-state index contributed by atoms with van der Waals surface area (Å²) in [5, 5.41) is 1.13. The molecule has 1 fully saturated rings. The third-order valence-electron chi connectivity index (χ3n) is 4.07. The Labute approximate surface area is 123 Å². The molecule has 0 unspecified atom stereocenters. The summed E-state index contributed by atoms with van der Waals surface area (Å²) < 4.78 is 11.5. The van der Waals surface area contributed by atoms with Crippen molar-refractivity contribution in [1.82, 2.24) is 4.98 Å². The molecule has 3 heteroatoms. The van der Waals surface area contributed by atoms with E-state index >= 15 is 0 Å². The first-order valence-corrected chi connectivity index (χ1v) is 7.29. The maximum Gasteiger partial charge on any atom is 0.176 e. The number of ether oxygens (including phenoxy) is 1. The predicted molar refractivity (Wildman–Crippen MR) is 82.7 cm³/mol. The minimum absolute atomic E-state index is 0.592. The molecular formula is C18H17NO2. The van der Waals surface area contributed by atoms with E-state index in [-0.39, 0.29) is 0 Å². The fourth-order valence-electron chi connectivity index (χ4n) is 2.81. The molecule has 1 saturated carbocycles. The van der Waals surface area contributed by atoms with E-state index in [0.29, 0.717) is 5.92 Å². The van der Waals surface area contributed by atoms with Gasteiger partial charge in [0.15, 0.2) is 11.3 Å². The molecule has 1 aromatic carbocycles. The second-order valence-electron chi connectivity index (χ2n) is 5.67. The average molecular weight is 279 g/mol. The number of methoxy groups -OCH3 is 1. The number of fused-ring (bicyclic) bond motifs is 1. The topological polar surface area (TPSA) is 35.3 Å². The number of rotatable bonds is 3. The lowest BCUT2D eigenvalue weighted by Crippen LogP contribution is -1.86. The molecule has 0 spiro atoms. The van der Waals surface area contributed by atoms with Crippen molar-refractivity contribution in [3.63, 3.8) is 0 Å². The van der Waals surface area contributed by atoms with Gasteiger partial charge in [0.1, 0.15) is 5.76 Å². The number of pyridine rings is 1. The van der Waals surface area contributed by atoms with Gasteiger partial charge in [0.05, 0.1) is 7.11 Å². The van der Waals surface area contributed by atoms with Crippen molar-refractivity contribution in [2.75, 3.05) is 7.11 Å². The Bertz CT molecular complexity index is 815. The van der Waals surface area contributed by atoms with Crippen molar-refractivity contribution in [3.05, 3.63) is 48.0 Å². The van der Waals surface area contributed by atoms with Gasteiger partial charge >= 0.3 is 0 Å². The van der Waals surface area contributed by atoms with E-state index in [1.165, 1.54) is 24.0 Å². The van der Waals surface area contributed by atoms with E-state index in [1.54, 1.807) is 7.11 Å². The summed E-state index contributed by atoms with van der Waals surface area (Å²) in [6.45, 7) is 2.01. The van der Waals surface area contributed by atoms with Crippen LogP contribution in [0.5, 0.6) is 5.75 Å². The standard InChI is InChI=1S/C18H17NO2/c1-11-9-13(7-8-19-11)14-5-6-16(20-2)18-15(14)10-17(21-18)12-3-4-12/h5-10,12H,3-4H2,1-2H3. The first-order chi connectivity index (χ1) is 10.3. The van der Waals surface area contributed by atoms with Gasteiger partial charge in [0, 0.05) is 23.2 Å². The normalized spacial score (nSPS) is 14.6. The Morgan fingerprint density at radius 1 is 1.19 bits per heavy atom. The van der Waals surface area contributed by atoms with Gasteiger partial charge in [0.25, 0.3) is 0 Å². The third kappa shape index (κ3) is 2.09. The molecule has 3 aromatic rings. The highest BCUT2D eigenvalue weighted by Crippen LogP contribution is 2.45. The Kier molecular flexibility index (Phi) is 2.74. The minimum atomic E-state index is 0.592. The zero-order valence-electron chi connectivity index (χ0n) is 12.2. The van der Waals surface area contributed by atoms with Gasteiger partial charge in [-0.15, -0.1) is 0 Å². The van der Waals surface area contributed by atoms with Crippen LogP contribution in [0.4, 0.5) is 0 Å². The molecule has 0 saturated heterocycles. The van der Waals surface area contributed by atoms with Crippen molar-refractivity contribution >= 4 is 11.0 Å². The molecule has 2 heterocycles. The second-order valence-corrected chi connectivity index (χ2v) is 5.67. The van der Waals surface area contributed by atoms with Crippen molar-refractivity contribution in [3.8, 4) is 16.9 Å². The first kappa shape index (κ1) is 12.5. The molecule has 21 heavy (non-hydrogen) atoms. The number of aryl methyl sites for hydroxylation is 1. The van der Waals surface area contributed by atoms with Crippen LogP contribution >= 0.6 is 0 Å². The third-order valence-corrected chi connectivity index (χ3v) is 4.07. The van der Waals surface area contributed by atoms with Gasteiger partial charge in [-0.05, 0) is 61.2 Å². The smallest absolute Gasteiger partial charge is 0.176 e. The molecule has 4 rings (SSSR count). The molecule has 0 radical (unpaired) electrons. The maximum absolute atomic E-state index is 6.07. The van der Waals surface area contributed by atoms with Gasteiger partial charge < -0.3 is 9.15 Å². The lowest BCUT2D eigenvalue weighted by Gasteiger charge is -2.06. The predicted octanol–water partition coefficient (Wildman–Crippen LogP) is 4.69. The van der Waals surface area contributed by atoms with Crippen LogP contribution in [-0.2, 0) is 0 Å². The average Bonchev–Trinajstić information content (AvgIpc) is 3.25. The SMILES string of the molecule is COc1ccc(-c2ccnc(C)c2)c2cc(C3CC3)oc12. The van der Waals surface area contributed by atoms with E-state index in [9.17, 15) is 0 Å². The first-order valence-electron chi connectivity index (χ1n) is 7.29. The molecule has 0 aliphatic heterocycles. The summed E-state index contributed by atoms with van der Waals surface area (Å²) in [5.41, 5.74) is 4.21. The van der Waals surface area contributed by atoms with Crippen molar-refractivity contribution < 1.29 is 9.15 Å². The zero-order chi connectivity index (χ0) is 14.4. The fraction of sp³-hybridized carbons (Fsp3) is 0.278. The maximum atomic E-state index is 6.07. The van der Waals surface area contributed by atoms with Gasteiger partial charge in [-0.3, -0.25) is 4.98 Å². The number of hydrogen-bond donors (Lipinski definition) is 0. The summed E-state index contributed by atoms with van der Waals surface area (Å²) >= 11 is 0. The van der Waals surface area contributed by atoms with Crippen LogP contribution in [0.3, 0.4) is 0 Å². The Balaban J connectivity index is 1.96. The highest BCUT2D eigenvalue weighted by atomic mass is 16.5. The molecule has 106 valence electrons. The number of aromatic nitrogens is 1. The van der Waals surface area contributed by atoms with E-state index in [1.807, 2.05) is 25.3 Å². The fourth-order valence-corrected chi connectivity index (χ4v) is 2.81. The van der Waals surface area contributed by atoms with E-state index in [2.05, 4.69) is 23.2 Å². The molecule has 2 aromatic heterocycles. The van der Waals surface area contributed by atoms with Crippen LogP contribution in [0.25, 0.3) is 22.1 Å². The number of nitrogens with zero attached hydrogens (tertiary/aromatic N) is 1. The second kappa shape index (κ2) is 4.62. The molecule has 0 amide bonds. The van der Waals surface area contributed by atoms with Crippen molar-refractivity contribution in [2.45, 2.75) is 25.7 Å². The van der Waals surface area contributed by atoms with E-state index in [4.69, 9.17) is 9.15 Å². The van der Waals surface area contributed by atoms with Gasteiger partial charge in [0.2, 0.25) is 0 Å². The summed E-state index contributed by atoms with van der Waals surface area (Å²) in [4.78, 5) is 4.27. The minimum Gasteiger partial charge on any atom is -0.493 e. The van der Waals surface area contributed by atoms with E-state index in [0.717, 1.165) is 28.2 Å². The monoisotopic (exact) mass is 279 g/mol. The Hall–Kier alpha value is -2.29. The van der Waals surface area contributed by atoms with Crippen LogP contribution in [0.2, 0.25) is 0 Å². The summed E-state index contributed by atoms with van der Waals surface area (Å²) in [7, 11) is 1.68. The summed E-state index contributed by atoms with van der Waals surface area (Å²) in [6, 6.07) is 10.4. The van der Waals surface area contributed by atoms with Crippen LogP contribution in [0, 0.1) is 6.92 Å². The Morgan fingerprint density at radius 2 is 2.05 bits per heavy atom. The number of hydrogen-bond acceptors (Lipinski definition) is 3. The highest BCUT2D eigenvalue weighted by Gasteiger charge is 2.28. The lowest BCUT2D eigenvalue weighted by molar-refractivity contribution is 0.407. The molecule has 3 nitrogen and oxygen atoms in total. The summed E-state index contributed by atoms with van der Waals surface area (Å²) in [6.07, 6.45) is 4.31. The van der Waals surface area contributed by atoms with Crippen molar-refractivity contribution in [2.24, 2.45) is 0 Å². The summed E-state index contributed by atoms with van der Waals surface area (Å²) in [5.74, 6) is 2.47. The molecule has 0 bridgehead atoms. The van der Waals surface area contributed by atoms with Crippen LogP contribution in [-0.4, -0.2) is 12.1 Å². The van der Waals surface area contributed by atoms with Crippen molar-refractivity contribution in [1.29, 1.82) is 0 Å². The molecular weight excluding hydrogens is 262 g/mol. The van der Waals surface area contributed by atoms with Crippen LogP contribution in [0.15, 0.2) is 40.9 Å². The lowest BCUT2D eigenvalue weighted by atomic mass is 10.0. The largest absolute Gasteiger partial charge is 0.493 e. The van der Waals surface area contributed by atoms with Gasteiger partial charge in [-0.25, -0.2) is 0 Å². The van der Waals surface area contributed by atoms with Crippen LogP contribution < -0.4 is 4.74 Å². The molecule has 0 atom stereocenters.